The molecule has 1 N–H and O–H groups in total. The van der Waals surface area contributed by atoms with E-state index in [1.165, 1.54) is 12.1 Å². The summed E-state index contributed by atoms with van der Waals surface area (Å²) >= 11 is 5.99. The van der Waals surface area contributed by atoms with Gasteiger partial charge in [-0.05, 0) is 36.4 Å². The third kappa shape index (κ3) is 2.88. The lowest BCUT2D eigenvalue weighted by Gasteiger charge is -2.08. The van der Waals surface area contributed by atoms with Crippen LogP contribution in [0.25, 0.3) is 0 Å². The molecule has 0 unspecified atom stereocenters. The minimum absolute atomic E-state index is 0.283. The third-order valence-electron chi connectivity index (χ3n) is 2.27. The van der Waals surface area contributed by atoms with E-state index >= 15 is 0 Å². The van der Waals surface area contributed by atoms with Gasteiger partial charge in [-0.3, -0.25) is 0 Å². The van der Waals surface area contributed by atoms with Crippen LogP contribution in [0.5, 0.6) is 5.75 Å². The van der Waals surface area contributed by atoms with Crippen LogP contribution in [0.15, 0.2) is 42.5 Å². The number of rotatable bonds is 3. The van der Waals surface area contributed by atoms with E-state index in [2.05, 4.69) is 5.32 Å². The molecule has 0 aliphatic carbocycles. The molecule has 0 atom stereocenters. The van der Waals surface area contributed by atoms with E-state index in [1.807, 2.05) is 6.07 Å². The summed E-state index contributed by atoms with van der Waals surface area (Å²) in [6.07, 6.45) is 0. The zero-order valence-corrected chi connectivity index (χ0v) is 9.96. The van der Waals surface area contributed by atoms with Gasteiger partial charge in [0.25, 0.3) is 0 Å². The van der Waals surface area contributed by atoms with Gasteiger partial charge in [-0.2, -0.15) is 0 Å². The van der Waals surface area contributed by atoms with Crippen molar-refractivity contribution in [3.63, 3.8) is 0 Å². The monoisotopic (exact) mass is 251 g/mol. The maximum Gasteiger partial charge on any atom is 0.137 e. The number of anilines is 2. The maximum absolute atomic E-state index is 13.0. The molecule has 0 aliphatic rings. The zero-order valence-electron chi connectivity index (χ0n) is 9.21. The molecule has 2 aromatic carbocycles. The molecule has 0 aromatic heterocycles. The zero-order chi connectivity index (χ0) is 12.3. The molecule has 0 saturated heterocycles. The van der Waals surface area contributed by atoms with Gasteiger partial charge in [-0.15, -0.1) is 0 Å². The van der Waals surface area contributed by atoms with Crippen LogP contribution < -0.4 is 10.1 Å². The van der Waals surface area contributed by atoms with Crippen molar-refractivity contribution < 1.29 is 9.13 Å². The van der Waals surface area contributed by atoms with E-state index in [-0.39, 0.29) is 5.82 Å². The summed E-state index contributed by atoms with van der Waals surface area (Å²) in [5.41, 5.74) is 1.45. The molecule has 0 heterocycles. The highest BCUT2D eigenvalue weighted by Gasteiger charge is 2.02. The standard InChI is InChI=1S/C13H11ClFNO/c1-17-13-6-5-11(8-12(13)14)16-10-4-2-3-9(15)7-10/h2-8,16H,1H3. The Morgan fingerprint density at radius 3 is 2.53 bits per heavy atom. The lowest BCUT2D eigenvalue weighted by molar-refractivity contribution is 0.415. The second kappa shape index (κ2) is 5.06. The summed E-state index contributed by atoms with van der Waals surface area (Å²) in [5, 5.41) is 3.57. The highest BCUT2D eigenvalue weighted by atomic mass is 35.5. The van der Waals surface area contributed by atoms with Gasteiger partial charge < -0.3 is 10.1 Å². The van der Waals surface area contributed by atoms with Crippen molar-refractivity contribution in [2.45, 2.75) is 0 Å². The topological polar surface area (TPSA) is 21.3 Å². The largest absolute Gasteiger partial charge is 0.495 e. The molecule has 2 aromatic rings. The Bertz CT molecular complexity index is 531. The lowest BCUT2D eigenvalue weighted by Crippen LogP contribution is -1.92. The highest BCUT2D eigenvalue weighted by Crippen LogP contribution is 2.28. The molecular formula is C13H11ClFNO. The van der Waals surface area contributed by atoms with Crippen LogP contribution in [-0.2, 0) is 0 Å². The fourth-order valence-electron chi connectivity index (χ4n) is 1.48. The first-order valence-electron chi connectivity index (χ1n) is 5.05. The van der Waals surface area contributed by atoms with E-state index in [0.717, 1.165) is 5.69 Å². The third-order valence-corrected chi connectivity index (χ3v) is 2.56. The normalized spacial score (nSPS) is 10.1. The predicted octanol–water partition coefficient (Wildman–Crippen LogP) is 4.23. The number of ether oxygens (including phenoxy) is 1. The van der Waals surface area contributed by atoms with Crippen LogP contribution in [0.3, 0.4) is 0 Å². The van der Waals surface area contributed by atoms with Crippen molar-refractivity contribution >= 4 is 23.0 Å². The molecule has 2 nitrogen and oxygen atoms in total. The fourth-order valence-corrected chi connectivity index (χ4v) is 1.73. The number of hydrogen-bond acceptors (Lipinski definition) is 2. The van der Waals surface area contributed by atoms with Crippen LogP contribution in [0.4, 0.5) is 15.8 Å². The summed E-state index contributed by atoms with van der Waals surface area (Å²) in [7, 11) is 1.56. The van der Waals surface area contributed by atoms with Gasteiger partial charge in [-0.25, -0.2) is 4.39 Å². The second-order valence-electron chi connectivity index (χ2n) is 3.48. The van der Waals surface area contributed by atoms with Crippen LogP contribution in [-0.4, -0.2) is 7.11 Å². The SMILES string of the molecule is COc1ccc(Nc2cccc(F)c2)cc1Cl. The summed E-state index contributed by atoms with van der Waals surface area (Å²) in [6, 6.07) is 11.5. The quantitative estimate of drug-likeness (QED) is 0.881. The molecular weight excluding hydrogens is 241 g/mol. The molecule has 88 valence electrons. The van der Waals surface area contributed by atoms with Crippen LogP contribution in [0.1, 0.15) is 0 Å². The Morgan fingerprint density at radius 2 is 1.88 bits per heavy atom. The minimum atomic E-state index is -0.283. The van der Waals surface area contributed by atoms with Gasteiger partial charge in [0.15, 0.2) is 0 Å². The second-order valence-corrected chi connectivity index (χ2v) is 3.89. The van der Waals surface area contributed by atoms with Crippen LogP contribution in [0, 0.1) is 5.82 Å². The van der Waals surface area contributed by atoms with Gasteiger partial charge in [0, 0.05) is 11.4 Å². The van der Waals surface area contributed by atoms with Crippen LogP contribution in [0.2, 0.25) is 5.02 Å². The van der Waals surface area contributed by atoms with E-state index in [9.17, 15) is 4.39 Å². The van der Waals surface area contributed by atoms with Crippen molar-refractivity contribution in [3.8, 4) is 5.75 Å². The molecule has 2 rings (SSSR count). The number of nitrogens with one attached hydrogen (secondary N) is 1. The number of methoxy groups -OCH3 is 1. The van der Waals surface area contributed by atoms with E-state index in [1.54, 1.807) is 31.4 Å². The average molecular weight is 252 g/mol. The molecule has 0 spiro atoms. The molecule has 0 amide bonds. The Labute approximate surface area is 104 Å². The average Bonchev–Trinajstić information content (AvgIpc) is 2.29. The van der Waals surface area contributed by atoms with Crippen molar-refractivity contribution in [1.29, 1.82) is 0 Å². The Morgan fingerprint density at radius 1 is 1.12 bits per heavy atom. The Kier molecular flexibility index (Phi) is 3.49. The van der Waals surface area contributed by atoms with E-state index in [4.69, 9.17) is 16.3 Å². The Hall–Kier alpha value is -1.74. The van der Waals surface area contributed by atoms with Gasteiger partial charge in [0.05, 0.1) is 12.1 Å². The Balaban J connectivity index is 2.22. The minimum Gasteiger partial charge on any atom is -0.495 e. The van der Waals surface area contributed by atoms with Crippen molar-refractivity contribution in [1.82, 2.24) is 0 Å². The van der Waals surface area contributed by atoms with Gasteiger partial charge in [-0.1, -0.05) is 17.7 Å². The first-order valence-corrected chi connectivity index (χ1v) is 5.43. The summed E-state index contributed by atoms with van der Waals surface area (Å²) in [5.74, 6) is 0.325. The molecule has 0 fully saturated rings. The maximum atomic E-state index is 13.0. The number of halogens is 2. The van der Waals surface area contributed by atoms with Crippen molar-refractivity contribution in [2.24, 2.45) is 0 Å². The fraction of sp³-hybridized carbons (Fsp3) is 0.0769. The first kappa shape index (κ1) is 11.7. The van der Waals surface area contributed by atoms with E-state index < -0.39 is 0 Å². The summed E-state index contributed by atoms with van der Waals surface area (Å²) in [4.78, 5) is 0. The van der Waals surface area contributed by atoms with Crippen LogP contribution >= 0.6 is 11.6 Å². The molecule has 0 aliphatic heterocycles. The molecule has 0 bridgehead atoms. The van der Waals surface area contributed by atoms with Crippen molar-refractivity contribution in [3.05, 3.63) is 53.3 Å². The number of hydrogen-bond donors (Lipinski definition) is 1. The smallest absolute Gasteiger partial charge is 0.137 e. The van der Waals surface area contributed by atoms with E-state index in [0.29, 0.717) is 16.5 Å². The van der Waals surface area contributed by atoms with Gasteiger partial charge >= 0.3 is 0 Å². The number of benzene rings is 2. The summed E-state index contributed by atoms with van der Waals surface area (Å²) in [6.45, 7) is 0. The van der Waals surface area contributed by atoms with Gasteiger partial charge in [0.1, 0.15) is 11.6 Å². The molecule has 0 radical (unpaired) electrons. The van der Waals surface area contributed by atoms with Crippen molar-refractivity contribution in [2.75, 3.05) is 12.4 Å². The highest BCUT2D eigenvalue weighted by molar-refractivity contribution is 6.32. The van der Waals surface area contributed by atoms with Gasteiger partial charge in [0.2, 0.25) is 0 Å². The first-order chi connectivity index (χ1) is 8.19. The summed E-state index contributed by atoms with van der Waals surface area (Å²) < 4.78 is 18.0. The predicted molar refractivity (Wildman–Crippen MR) is 67.7 cm³/mol. The lowest BCUT2D eigenvalue weighted by atomic mass is 10.2. The molecule has 17 heavy (non-hydrogen) atoms. The molecule has 4 heteroatoms. The molecule has 0 saturated carbocycles.